The number of nitrogens with zero attached hydrogens (tertiary/aromatic N) is 3. The van der Waals surface area contributed by atoms with Crippen molar-refractivity contribution < 1.29 is 4.79 Å². The zero-order valence-corrected chi connectivity index (χ0v) is 15.6. The lowest BCUT2D eigenvalue weighted by molar-refractivity contribution is -0.113. The van der Waals surface area contributed by atoms with Gasteiger partial charge >= 0.3 is 0 Å². The maximum atomic E-state index is 12.2. The van der Waals surface area contributed by atoms with Gasteiger partial charge in [0.05, 0.1) is 4.91 Å². The number of thiophene rings is 1. The largest absolute Gasteiger partial charge is 0.368 e. The summed E-state index contributed by atoms with van der Waals surface area (Å²) < 4.78 is 0. The van der Waals surface area contributed by atoms with Crippen molar-refractivity contribution in [3.8, 4) is 0 Å². The summed E-state index contributed by atoms with van der Waals surface area (Å²) in [5.41, 5.74) is 2.54. The van der Waals surface area contributed by atoms with E-state index in [-0.39, 0.29) is 5.91 Å². The molecule has 0 N–H and O–H groups in total. The summed E-state index contributed by atoms with van der Waals surface area (Å²) in [5, 5.41) is 2.86. The number of rotatable bonds is 2. The van der Waals surface area contributed by atoms with Crippen molar-refractivity contribution in [1.29, 1.82) is 0 Å². The molecule has 2 aliphatic heterocycles. The minimum absolute atomic E-state index is 0.116. The third-order valence-electron chi connectivity index (χ3n) is 4.38. The molecule has 0 saturated carbocycles. The zero-order valence-electron chi connectivity index (χ0n) is 14.0. The molecule has 0 aliphatic carbocycles. The van der Waals surface area contributed by atoms with Gasteiger partial charge in [0.25, 0.3) is 5.91 Å². The second-order valence-electron chi connectivity index (χ2n) is 6.14. The predicted octanol–water partition coefficient (Wildman–Crippen LogP) is 3.85. The average Bonchev–Trinajstić information content (AvgIpc) is 3.27. The van der Waals surface area contributed by atoms with Crippen LogP contribution in [0.25, 0.3) is 6.08 Å². The Kier molecular flexibility index (Phi) is 4.63. The topological polar surface area (TPSA) is 35.9 Å². The molecule has 1 fully saturated rings. The van der Waals surface area contributed by atoms with Gasteiger partial charge < -0.3 is 9.80 Å². The first kappa shape index (κ1) is 16.4. The molecular weight excluding hydrogens is 350 g/mol. The smallest absolute Gasteiger partial charge is 0.286 e. The molecule has 0 spiro atoms. The Labute approximate surface area is 155 Å². The van der Waals surface area contributed by atoms with Gasteiger partial charge in [0.2, 0.25) is 0 Å². The summed E-state index contributed by atoms with van der Waals surface area (Å²) in [6, 6.07) is 12.7. The number of hydrogen-bond acceptors (Lipinski definition) is 5. The highest BCUT2D eigenvalue weighted by atomic mass is 32.2. The molecule has 2 aromatic rings. The lowest BCUT2D eigenvalue weighted by atomic mass is 10.2. The van der Waals surface area contributed by atoms with Crippen LogP contribution in [0.4, 0.5) is 5.69 Å². The van der Waals surface area contributed by atoms with Crippen LogP contribution in [-0.4, -0.2) is 42.2 Å². The van der Waals surface area contributed by atoms with Crippen molar-refractivity contribution in [2.24, 2.45) is 4.99 Å². The molecule has 128 valence electrons. The summed E-state index contributed by atoms with van der Waals surface area (Å²) in [7, 11) is 0. The summed E-state index contributed by atoms with van der Waals surface area (Å²) in [6.07, 6.45) is 1.94. The monoisotopic (exact) mass is 369 g/mol. The van der Waals surface area contributed by atoms with Crippen LogP contribution in [0.15, 0.2) is 51.7 Å². The summed E-state index contributed by atoms with van der Waals surface area (Å²) in [4.78, 5) is 22.9. The number of aryl methyl sites for hydroxylation is 1. The Bertz CT molecular complexity index is 817. The van der Waals surface area contributed by atoms with Crippen molar-refractivity contribution in [1.82, 2.24) is 4.90 Å². The molecule has 0 bridgehead atoms. The van der Waals surface area contributed by atoms with E-state index in [0.29, 0.717) is 0 Å². The molecule has 4 nitrogen and oxygen atoms in total. The van der Waals surface area contributed by atoms with E-state index in [2.05, 4.69) is 46.0 Å². The van der Waals surface area contributed by atoms with E-state index >= 15 is 0 Å². The third kappa shape index (κ3) is 3.65. The molecule has 1 saturated heterocycles. The molecule has 0 atom stereocenters. The number of thioether (sulfide) groups is 1. The fourth-order valence-electron chi connectivity index (χ4n) is 2.95. The van der Waals surface area contributed by atoms with Crippen LogP contribution < -0.4 is 4.90 Å². The van der Waals surface area contributed by atoms with Crippen LogP contribution in [0, 0.1) is 6.92 Å². The number of carbonyl (C=O) groups is 1. The van der Waals surface area contributed by atoms with E-state index in [9.17, 15) is 4.79 Å². The SMILES string of the molecule is Cc1ccc(N2CCN(C3=NC(=O)/C(=C/c4cccs4)S3)CC2)cc1. The number of anilines is 1. The molecule has 2 aliphatic rings. The normalized spacial score (nSPS) is 19.6. The predicted molar refractivity (Wildman–Crippen MR) is 107 cm³/mol. The van der Waals surface area contributed by atoms with E-state index in [4.69, 9.17) is 0 Å². The second-order valence-corrected chi connectivity index (χ2v) is 8.12. The molecule has 4 rings (SSSR count). The fraction of sp³-hybridized carbons (Fsp3) is 0.263. The first-order valence-corrected chi connectivity index (χ1v) is 10.0. The summed E-state index contributed by atoms with van der Waals surface area (Å²) in [5.74, 6) is -0.116. The highest BCUT2D eigenvalue weighted by Gasteiger charge is 2.28. The standard InChI is InChI=1S/C19H19N3OS2/c1-14-4-6-15(7-5-14)21-8-10-22(11-9-21)19-20-18(23)17(25-19)13-16-3-2-12-24-16/h2-7,12-13H,8-11H2,1H3/b17-13-. The van der Waals surface area contributed by atoms with Gasteiger partial charge in [-0.3, -0.25) is 4.79 Å². The number of carbonyl (C=O) groups excluding carboxylic acids is 1. The highest BCUT2D eigenvalue weighted by Crippen LogP contribution is 2.31. The van der Waals surface area contributed by atoms with E-state index < -0.39 is 0 Å². The van der Waals surface area contributed by atoms with Crippen LogP contribution in [0.3, 0.4) is 0 Å². The quantitative estimate of drug-likeness (QED) is 0.754. The van der Waals surface area contributed by atoms with Crippen molar-refractivity contribution in [3.05, 3.63) is 57.1 Å². The van der Waals surface area contributed by atoms with Gasteiger partial charge in [0, 0.05) is 36.7 Å². The molecule has 3 heterocycles. The highest BCUT2D eigenvalue weighted by molar-refractivity contribution is 8.18. The molecular formula is C19H19N3OS2. The Hall–Kier alpha value is -2.05. The third-order valence-corrected chi connectivity index (χ3v) is 6.24. The van der Waals surface area contributed by atoms with E-state index in [1.165, 1.54) is 23.0 Å². The zero-order chi connectivity index (χ0) is 17.2. The van der Waals surface area contributed by atoms with Crippen LogP contribution in [-0.2, 0) is 4.79 Å². The van der Waals surface area contributed by atoms with Crippen molar-refractivity contribution in [2.45, 2.75) is 6.92 Å². The van der Waals surface area contributed by atoms with Gasteiger partial charge in [-0.05, 0) is 48.3 Å². The van der Waals surface area contributed by atoms with Crippen LogP contribution >= 0.6 is 23.1 Å². The number of hydrogen-bond donors (Lipinski definition) is 0. The van der Waals surface area contributed by atoms with Gasteiger partial charge in [0.15, 0.2) is 5.17 Å². The van der Waals surface area contributed by atoms with E-state index in [1.54, 1.807) is 11.3 Å². The lowest BCUT2D eigenvalue weighted by Crippen LogP contribution is -2.47. The van der Waals surface area contributed by atoms with Gasteiger partial charge in [-0.25, -0.2) is 0 Å². The number of amidine groups is 1. The first-order chi connectivity index (χ1) is 12.2. The van der Waals surface area contributed by atoms with Crippen LogP contribution in [0.2, 0.25) is 0 Å². The minimum atomic E-state index is -0.116. The second kappa shape index (κ2) is 7.06. The molecule has 1 amide bonds. The average molecular weight is 370 g/mol. The Morgan fingerprint density at radius 1 is 1.04 bits per heavy atom. The van der Waals surface area contributed by atoms with Crippen molar-refractivity contribution in [3.63, 3.8) is 0 Å². The number of aliphatic imine (C=N–C) groups is 1. The van der Waals surface area contributed by atoms with Gasteiger partial charge in [-0.1, -0.05) is 23.8 Å². The summed E-state index contributed by atoms with van der Waals surface area (Å²) in [6.45, 7) is 5.77. The van der Waals surface area contributed by atoms with Gasteiger partial charge in [-0.2, -0.15) is 4.99 Å². The Morgan fingerprint density at radius 2 is 1.76 bits per heavy atom. The Balaban J connectivity index is 1.39. The maximum Gasteiger partial charge on any atom is 0.286 e. The van der Waals surface area contributed by atoms with Crippen molar-refractivity contribution >= 4 is 45.9 Å². The van der Waals surface area contributed by atoms with E-state index in [0.717, 1.165) is 41.1 Å². The number of benzene rings is 1. The lowest BCUT2D eigenvalue weighted by Gasteiger charge is -2.36. The first-order valence-electron chi connectivity index (χ1n) is 8.32. The van der Waals surface area contributed by atoms with Gasteiger partial charge in [-0.15, -0.1) is 11.3 Å². The van der Waals surface area contributed by atoms with Gasteiger partial charge in [0.1, 0.15) is 0 Å². The molecule has 0 radical (unpaired) electrons. The number of amides is 1. The number of piperazine rings is 1. The molecule has 6 heteroatoms. The fourth-order valence-corrected chi connectivity index (χ4v) is 4.64. The van der Waals surface area contributed by atoms with Crippen LogP contribution in [0.1, 0.15) is 10.4 Å². The van der Waals surface area contributed by atoms with Crippen molar-refractivity contribution in [2.75, 3.05) is 31.1 Å². The molecule has 1 aromatic heterocycles. The minimum Gasteiger partial charge on any atom is -0.368 e. The Morgan fingerprint density at radius 3 is 2.44 bits per heavy atom. The van der Waals surface area contributed by atoms with Crippen LogP contribution in [0.5, 0.6) is 0 Å². The van der Waals surface area contributed by atoms with E-state index in [1.807, 2.05) is 23.6 Å². The maximum absolute atomic E-state index is 12.2. The molecule has 25 heavy (non-hydrogen) atoms. The summed E-state index contributed by atoms with van der Waals surface area (Å²) >= 11 is 3.13. The molecule has 0 unspecified atom stereocenters. The molecule has 1 aromatic carbocycles.